The molecule has 0 aliphatic carbocycles. The number of carbonyl (C=O) groups excluding carboxylic acids is 1. The van der Waals surface area contributed by atoms with Gasteiger partial charge in [-0.2, -0.15) is 5.10 Å². The van der Waals surface area contributed by atoms with Gasteiger partial charge in [-0.15, -0.1) is 0 Å². The Kier molecular flexibility index (Phi) is 4.36. The molecule has 0 aliphatic heterocycles. The van der Waals surface area contributed by atoms with Crippen LogP contribution in [-0.2, 0) is 4.79 Å². The van der Waals surface area contributed by atoms with Gasteiger partial charge in [-0.25, -0.2) is 9.82 Å². The van der Waals surface area contributed by atoms with E-state index in [1.54, 1.807) is 6.07 Å². The Labute approximate surface area is 107 Å². The molecule has 0 radical (unpaired) electrons. The average Bonchev–Trinajstić information content (AvgIpc) is 2.21. The molecule has 1 aromatic rings. The van der Waals surface area contributed by atoms with Gasteiger partial charge >= 0.3 is 0 Å². The minimum absolute atomic E-state index is 0.232. The first kappa shape index (κ1) is 13.8. The smallest absolute Gasteiger partial charge is 0.271 e. The number of hydrogen-bond donors (Lipinski definition) is 2. The standard InChI is InChI=1S/C11H12BrFN2O2/c1-11(2,17)10(16)15-14-6-7-5-8(12)3-4-9(7)13/h3-6,17H,1-2H3,(H,15,16)/b14-6+. The summed E-state index contributed by atoms with van der Waals surface area (Å²) in [5.74, 6) is -1.11. The summed E-state index contributed by atoms with van der Waals surface area (Å²) in [5, 5.41) is 12.9. The number of carbonyl (C=O) groups is 1. The maximum Gasteiger partial charge on any atom is 0.271 e. The Morgan fingerprint density at radius 1 is 1.59 bits per heavy atom. The Balaban J connectivity index is 2.72. The van der Waals surface area contributed by atoms with E-state index >= 15 is 0 Å². The monoisotopic (exact) mass is 302 g/mol. The van der Waals surface area contributed by atoms with Crippen LogP contribution in [0.3, 0.4) is 0 Å². The Hall–Kier alpha value is -1.27. The lowest BCUT2D eigenvalue weighted by Crippen LogP contribution is -2.39. The summed E-state index contributed by atoms with van der Waals surface area (Å²) in [7, 11) is 0. The van der Waals surface area contributed by atoms with Crippen molar-refractivity contribution in [1.29, 1.82) is 0 Å². The molecule has 0 fully saturated rings. The molecule has 1 rings (SSSR count). The molecule has 4 nitrogen and oxygen atoms in total. The maximum atomic E-state index is 13.3. The fourth-order valence-electron chi connectivity index (χ4n) is 0.911. The van der Waals surface area contributed by atoms with Crippen LogP contribution >= 0.6 is 15.9 Å². The number of hydrogen-bond acceptors (Lipinski definition) is 3. The van der Waals surface area contributed by atoms with Crippen LogP contribution in [0.15, 0.2) is 27.8 Å². The van der Waals surface area contributed by atoms with Crippen LogP contribution in [0.2, 0.25) is 0 Å². The van der Waals surface area contributed by atoms with Gasteiger partial charge in [0, 0.05) is 10.0 Å². The number of amides is 1. The van der Waals surface area contributed by atoms with Crippen LogP contribution in [0.4, 0.5) is 4.39 Å². The number of hydrazone groups is 1. The zero-order valence-corrected chi connectivity index (χ0v) is 11.0. The van der Waals surface area contributed by atoms with Crippen molar-refractivity contribution in [2.75, 3.05) is 0 Å². The number of halogens is 2. The van der Waals surface area contributed by atoms with Crippen molar-refractivity contribution >= 4 is 28.1 Å². The zero-order valence-electron chi connectivity index (χ0n) is 9.37. The third kappa shape index (κ3) is 4.24. The molecule has 0 bridgehead atoms. The van der Waals surface area contributed by atoms with Gasteiger partial charge in [0.15, 0.2) is 0 Å². The third-order valence-corrected chi connectivity index (χ3v) is 2.38. The third-order valence-electron chi connectivity index (χ3n) is 1.88. The molecule has 2 N–H and O–H groups in total. The Morgan fingerprint density at radius 3 is 2.82 bits per heavy atom. The van der Waals surface area contributed by atoms with E-state index < -0.39 is 17.3 Å². The molecule has 0 heterocycles. The lowest BCUT2D eigenvalue weighted by Gasteiger charge is -2.13. The highest BCUT2D eigenvalue weighted by Crippen LogP contribution is 2.13. The first-order valence-electron chi connectivity index (χ1n) is 4.81. The summed E-state index contributed by atoms with van der Waals surface area (Å²) < 4.78 is 14.0. The van der Waals surface area contributed by atoms with E-state index in [4.69, 9.17) is 0 Å². The van der Waals surface area contributed by atoms with Crippen LogP contribution < -0.4 is 5.43 Å². The van der Waals surface area contributed by atoms with E-state index in [1.807, 2.05) is 0 Å². The molecule has 92 valence electrons. The Bertz CT molecular complexity index is 455. The largest absolute Gasteiger partial charge is 0.381 e. The molecule has 0 saturated heterocycles. The fourth-order valence-corrected chi connectivity index (χ4v) is 1.29. The molecule has 0 spiro atoms. The molecule has 0 unspecified atom stereocenters. The number of aliphatic hydroxyl groups is 1. The van der Waals surface area contributed by atoms with Gasteiger partial charge < -0.3 is 5.11 Å². The molecule has 1 aromatic carbocycles. The molecular formula is C11H12BrFN2O2. The van der Waals surface area contributed by atoms with Crippen LogP contribution in [0.5, 0.6) is 0 Å². The zero-order chi connectivity index (χ0) is 13.1. The molecule has 0 atom stereocenters. The normalized spacial score (nSPS) is 11.8. The second-order valence-corrected chi connectivity index (χ2v) is 4.84. The van der Waals surface area contributed by atoms with Gasteiger partial charge in [-0.05, 0) is 32.0 Å². The first-order valence-corrected chi connectivity index (χ1v) is 5.61. The van der Waals surface area contributed by atoms with Crippen molar-refractivity contribution < 1.29 is 14.3 Å². The average molecular weight is 303 g/mol. The van der Waals surface area contributed by atoms with Crippen molar-refractivity contribution in [2.24, 2.45) is 5.10 Å². The van der Waals surface area contributed by atoms with Crippen molar-refractivity contribution in [3.63, 3.8) is 0 Å². The van der Waals surface area contributed by atoms with Gasteiger partial charge in [0.1, 0.15) is 11.4 Å². The van der Waals surface area contributed by atoms with Crippen LogP contribution in [0, 0.1) is 5.82 Å². The van der Waals surface area contributed by atoms with E-state index in [0.29, 0.717) is 4.47 Å². The SMILES string of the molecule is CC(C)(O)C(=O)N/N=C/c1cc(Br)ccc1F. The summed E-state index contributed by atoms with van der Waals surface area (Å²) in [6, 6.07) is 4.36. The molecular weight excluding hydrogens is 291 g/mol. The minimum Gasteiger partial charge on any atom is -0.381 e. The van der Waals surface area contributed by atoms with E-state index in [1.165, 1.54) is 32.2 Å². The highest BCUT2D eigenvalue weighted by Gasteiger charge is 2.22. The van der Waals surface area contributed by atoms with E-state index in [9.17, 15) is 14.3 Å². The van der Waals surface area contributed by atoms with Gasteiger partial charge in [-0.1, -0.05) is 15.9 Å². The summed E-state index contributed by atoms with van der Waals surface area (Å²) in [6.07, 6.45) is 1.17. The van der Waals surface area contributed by atoms with E-state index in [2.05, 4.69) is 26.5 Å². The number of rotatable bonds is 3. The summed E-state index contributed by atoms with van der Waals surface area (Å²) in [4.78, 5) is 11.2. The van der Waals surface area contributed by atoms with Gasteiger partial charge in [0.2, 0.25) is 0 Å². The topological polar surface area (TPSA) is 61.7 Å². The predicted octanol–water partition coefficient (Wildman–Crippen LogP) is 1.81. The van der Waals surface area contributed by atoms with Gasteiger partial charge in [0.05, 0.1) is 6.21 Å². The quantitative estimate of drug-likeness (QED) is 0.661. The number of nitrogens with zero attached hydrogens (tertiary/aromatic N) is 1. The van der Waals surface area contributed by atoms with Gasteiger partial charge in [-0.3, -0.25) is 4.79 Å². The van der Waals surface area contributed by atoms with Crippen LogP contribution in [-0.4, -0.2) is 22.8 Å². The maximum absolute atomic E-state index is 13.3. The first-order chi connectivity index (χ1) is 7.80. The summed E-state index contributed by atoms with van der Waals surface area (Å²) >= 11 is 3.19. The molecule has 6 heteroatoms. The number of benzene rings is 1. The molecule has 0 aliphatic rings. The van der Waals surface area contributed by atoms with Gasteiger partial charge in [0.25, 0.3) is 5.91 Å². The minimum atomic E-state index is -1.52. The van der Waals surface area contributed by atoms with Crippen LogP contribution in [0.1, 0.15) is 19.4 Å². The highest BCUT2D eigenvalue weighted by atomic mass is 79.9. The second-order valence-electron chi connectivity index (χ2n) is 3.92. The van der Waals surface area contributed by atoms with Crippen molar-refractivity contribution in [3.05, 3.63) is 34.1 Å². The summed E-state index contributed by atoms with van der Waals surface area (Å²) in [6.45, 7) is 2.66. The number of nitrogens with one attached hydrogen (secondary N) is 1. The Morgan fingerprint density at radius 2 is 2.24 bits per heavy atom. The molecule has 0 saturated carbocycles. The summed E-state index contributed by atoms with van der Waals surface area (Å²) in [5.41, 5.74) is 0.827. The molecule has 0 aromatic heterocycles. The lowest BCUT2D eigenvalue weighted by atomic mass is 10.1. The highest BCUT2D eigenvalue weighted by molar-refractivity contribution is 9.10. The van der Waals surface area contributed by atoms with Crippen molar-refractivity contribution in [2.45, 2.75) is 19.4 Å². The van der Waals surface area contributed by atoms with Crippen molar-refractivity contribution in [3.8, 4) is 0 Å². The molecule has 1 amide bonds. The fraction of sp³-hybridized carbons (Fsp3) is 0.273. The van der Waals surface area contributed by atoms with Crippen LogP contribution in [0.25, 0.3) is 0 Å². The molecule has 17 heavy (non-hydrogen) atoms. The second kappa shape index (κ2) is 5.37. The van der Waals surface area contributed by atoms with Crippen molar-refractivity contribution in [1.82, 2.24) is 5.43 Å². The predicted molar refractivity (Wildman–Crippen MR) is 66.1 cm³/mol. The van der Waals surface area contributed by atoms with E-state index in [-0.39, 0.29) is 5.56 Å². The lowest BCUT2D eigenvalue weighted by molar-refractivity contribution is -0.136. The van der Waals surface area contributed by atoms with E-state index in [0.717, 1.165) is 0 Å².